The number of amides is 1. The second-order valence-electron chi connectivity index (χ2n) is 8.42. The van der Waals surface area contributed by atoms with Crippen LogP contribution >= 0.6 is 0 Å². The monoisotopic (exact) mass is 397 g/mol. The van der Waals surface area contributed by atoms with Gasteiger partial charge in [0.15, 0.2) is 11.5 Å². The highest BCUT2D eigenvalue weighted by Crippen LogP contribution is 2.47. The van der Waals surface area contributed by atoms with E-state index in [4.69, 9.17) is 14.2 Å². The average molecular weight is 397 g/mol. The molecule has 1 saturated heterocycles. The van der Waals surface area contributed by atoms with E-state index in [0.29, 0.717) is 12.1 Å². The third kappa shape index (κ3) is 3.14. The van der Waals surface area contributed by atoms with Crippen molar-refractivity contribution in [2.24, 2.45) is 5.92 Å². The first-order valence-electron chi connectivity index (χ1n) is 10.7. The van der Waals surface area contributed by atoms with Crippen LogP contribution in [0.1, 0.15) is 50.1 Å². The summed E-state index contributed by atoms with van der Waals surface area (Å²) in [6, 6.07) is 7.22. The average Bonchev–Trinajstić information content (AvgIpc) is 3.36. The summed E-state index contributed by atoms with van der Waals surface area (Å²) in [4.78, 5) is 28.7. The van der Waals surface area contributed by atoms with E-state index < -0.39 is 6.04 Å². The first-order valence-corrected chi connectivity index (χ1v) is 10.7. The maximum atomic E-state index is 13.5. The molecule has 3 aliphatic heterocycles. The van der Waals surface area contributed by atoms with Crippen molar-refractivity contribution < 1.29 is 23.8 Å². The lowest BCUT2D eigenvalue weighted by atomic mass is 9.77. The lowest BCUT2D eigenvalue weighted by molar-refractivity contribution is -0.136. The zero-order chi connectivity index (χ0) is 20.0. The van der Waals surface area contributed by atoms with Gasteiger partial charge >= 0.3 is 0 Å². The van der Waals surface area contributed by atoms with Crippen LogP contribution in [0.15, 0.2) is 35.6 Å². The molecule has 0 spiro atoms. The van der Waals surface area contributed by atoms with E-state index in [1.54, 1.807) is 12.0 Å². The second-order valence-corrected chi connectivity index (χ2v) is 8.42. The minimum Gasteiger partial charge on any atom is -0.497 e. The van der Waals surface area contributed by atoms with Gasteiger partial charge in [-0.15, -0.1) is 0 Å². The summed E-state index contributed by atoms with van der Waals surface area (Å²) in [5, 5.41) is 0. The Kier molecular flexibility index (Phi) is 4.82. The van der Waals surface area contributed by atoms with E-state index in [2.05, 4.69) is 0 Å². The van der Waals surface area contributed by atoms with Gasteiger partial charge in [0.2, 0.25) is 0 Å². The standard InChI is InChI=1S/C23H27NO5/c1-27-15-10-8-14(9-11-15)20-19-21(25)17-6-2-3-7-18(17)29-22(19)23(26)24(20)13-16-5-4-12-28-16/h8-11,16-18,20H,2-7,12-13H2,1H3. The summed E-state index contributed by atoms with van der Waals surface area (Å²) in [6.07, 6.45) is 5.58. The van der Waals surface area contributed by atoms with E-state index in [1.165, 1.54) is 0 Å². The van der Waals surface area contributed by atoms with Crippen LogP contribution in [0.5, 0.6) is 5.75 Å². The van der Waals surface area contributed by atoms with Crippen molar-refractivity contribution in [2.75, 3.05) is 20.3 Å². The molecule has 1 amide bonds. The van der Waals surface area contributed by atoms with Crippen LogP contribution in [0.4, 0.5) is 0 Å². The summed E-state index contributed by atoms with van der Waals surface area (Å²) in [5.74, 6) is 0.820. The second kappa shape index (κ2) is 7.48. The Balaban J connectivity index is 1.54. The van der Waals surface area contributed by atoms with Crippen LogP contribution in [0.2, 0.25) is 0 Å². The summed E-state index contributed by atoms with van der Waals surface area (Å²) in [7, 11) is 1.63. The lowest BCUT2D eigenvalue weighted by Gasteiger charge is -2.35. The molecule has 1 aromatic carbocycles. The lowest BCUT2D eigenvalue weighted by Crippen LogP contribution is -2.39. The van der Waals surface area contributed by atoms with E-state index >= 15 is 0 Å². The summed E-state index contributed by atoms with van der Waals surface area (Å²) < 4.78 is 17.3. The molecule has 4 unspecified atom stereocenters. The number of benzene rings is 1. The van der Waals surface area contributed by atoms with Gasteiger partial charge in [-0.3, -0.25) is 9.59 Å². The van der Waals surface area contributed by atoms with Crippen LogP contribution in [0.3, 0.4) is 0 Å². The van der Waals surface area contributed by atoms with E-state index in [-0.39, 0.29) is 35.6 Å². The quantitative estimate of drug-likeness (QED) is 0.781. The van der Waals surface area contributed by atoms with Crippen LogP contribution in [-0.4, -0.2) is 49.1 Å². The molecule has 5 rings (SSSR count). The van der Waals surface area contributed by atoms with E-state index in [0.717, 1.165) is 56.4 Å². The molecule has 3 heterocycles. The molecule has 1 aliphatic carbocycles. The smallest absolute Gasteiger partial charge is 0.290 e. The molecular weight excluding hydrogens is 370 g/mol. The van der Waals surface area contributed by atoms with Crippen LogP contribution in [0.25, 0.3) is 0 Å². The maximum Gasteiger partial charge on any atom is 0.290 e. The van der Waals surface area contributed by atoms with Crippen LogP contribution in [0, 0.1) is 5.92 Å². The Bertz CT molecular complexity index is 839. The number of ketones is 1. The fourth-order valence-corrected chi connectivity index (χ4v) is 5.22. The first kappa shape index (κ1) is 18.7. The van der Waals surface area contributed by atoms with Crippen LogP contribution < -0.4 is 4.74 Å². The van der Waals surface area contributed by atoms with Crippen molar-refractivity contribution in [3.8, 4) is 5.75 Å². The van der Waals surface area contributed by atoms with Crippen molar-refractivity contribution in [1.82, 2.24) is 4.90 Å². The maximum absolute atomic E-state index is 13.5. The number of rotatable bonds is 4. The van der Waals surface area contributed by atoms with Gasteiger partial charge in [0.25, 0.3) is 5.91 Å². The molecule has 6 heteroatoms. The number of carbonyl (C=O) groups excluding carboxylic acids is 2. The molecule has 0 aromatic heterocycles. The van der Waals surface area contributed by atoms with Gasteiger partial charge in [-0.25, -0.2) is 0 Å². The number of fused-ring (bicyclic) bond motifs is 1. The number of methoxy groups -OCH3 is 1. The molecule has 0 bridgehead atoms. The largest absolute Gasteiger partial charge is 0.497 e. The minimum atomic E-state index is -0.414. The van der Waals surface area contributed by atoms with Crippen LogP contribution in [-0.2, 0) is 19.1 Å². The zero-order valence-electron chi connectivity index (χ0n) is 16.8. The van der Waals surface area contributed by atoms with Gasteiger partial charge in [0.05, 0.1) is 30.7 Å². The molecule has 4 atom stereocenters. The Hall–Kier alpha value is -2.34. The fourth-order valence-electron chi connectivity index (χ4n) is 5.22. The number of carbonyl (C=O) groups is 2. The highest BCUT2D eigenvalue weighted by atomic mass is 16.5. The SMILES string of the molecule is COc1ccc(C2C3=C(OC4CCCCC4C3=O)C(=O)N2CC2CCCO2)cc1. The van der Waals surface area contributed by atoms with Crippen molar-refractivity contribution in [3.05, 3.63) is 41.2 Å². The Morgan fingerprint density at radius 1 is 1.07 bits per heavy atom. The first-order chi connectivity index (χ1) is 14.2. The van der Waals surface area contributed by atoms with Crippen molar-refractivity contribution >= 4 is 11.7 Å². The highest BCUT2D eigenvalue weighted by molar-refractivity contribution is 6.11. The molecule has 0 N–H and O–H groups in total. The molecule has 1 aromatic rings. The highest BCUT2D eigenvalue weighted by Gasteiger charge is 2.52. The molecule has 4 aliphatic rings. The third-order valence-corrected chi connectivity index (χ3v) is 6.71. The molecule has 6 nitrogen and oxygen atoms in total. The Morgan fingerprint density at radius 2 is 1.86 bits per heavy atom. The van der Waals surface area contributed by atoms with Gasteiger partial charge in [0.1, 0.15) is 11.9 Å². The number of hydrogen-bond acceptors (Lipinski definition) is 5. The molecule has 2 fully saturated rings. The minimum absolute atomic E-state index is 0.0124. The molecule has 1 saturated carbocycles. The van der Waals surface area contributed by atoms with E-state index in [9.17, 15) is 9.59 Å². The number of Topliss-reactive ketones (excluding diaryl/α,β-unsaturated/α-hetero) is 1. The molecular formula is C23H27NO5. The van der Waals surface area contributed by atoms with Gasteiger partial charge in [-0.05, 0) is 49.8 Å². The summed E-state index contributed by atoms with van der Waals surface area (Å²) in [6.45, 7) is 1.21. The van der Waals surface area contributed by atoms with Gasteiger partial charge in [0, 0.05) is 13.2 Å². The summed E-state index contributed by atoms with van der Waals surface area (Å²) >= 11 is 0. The molecule has 0 radical (unpaired) electrons. The fraction of sp³-hybridized carbons (Fsp3) is 0.565. The summed E-state index contributed by atoms with van der Waals surface area (Å²) in [5.41, 5.74) is 1.45. The third-order valence-electron chi connectivity index (χ3n) is 6.71. The molecule has 154 valence electrons. The van der Waals surface area contributed by atoms with Crippen molar-refractivity contribution in [3.63, 3.8) is 0 Å². The predicted molar refractivity (Wildman–Crippen MR) is 105 cm³/mol. The normalized spacial score (nSPS) is 31.6. The number of hydrogen-bond donors (Lipinski definition) is 0. The number of nitrogens with zero attached hydrogens (tertiary/aromatic N) is 1. The van der Waals surface area contributed by atoms with Gasteiger partial charge < -0.3 is 19.1 Å². The predicted octanol–water partition coefficient (Wildman–Crippen LogP) is 3.17. The topological polar surface area (TPSA) is 65.1 Å². The van der Waals surface area contributed by atoms with Crippen molar-refractivity contribution in [1.29, 1.82) is 0 Å². The Morgan fingerprint density at radius 3 is 2.59 bits per heavy atom. The van der Waals surface area contributed by atoms with Gasteiger partial charge in [-0.2, -0.15) is 0 Å². The van der Waals surface area contributed by atoms with Gasteiger partial charge in [-0.1, -0.05) is 18.6 Å². The van der Waals surface area contributed by atoms with Crippen molar-refractivity contribution in [2.45, 2.75) is 56.8 Å². The number of ether oxygens (including phenoxy) is 3. The zero-order valence-corrected chi connectivity index (χ0v) is 16.8. The molecule has 29 heavy (non-hydrogen) atoms. The van der Waals surface area contributed by atoms with E-state index in [1.807, 2.05) is 24.3 Å². The Labute approximate surface area is 170 Å².